The summed E-state index contributed by atoms with van der Waals surface area (Å²) in [5.41, 5.74) is 0. The fourth-order valence-corrected chi connectivity index (χ4v) is 4.12. The number of carbonyl (C=O) groups is 2. The molecule has 0 aromatic rings. The average molecular weight is 296 g/mol. The van der Waals surface area contributed by atoms with Crippen LogP contribution in [0.2, 0.25) is 0 Å². The molecule has 0 aromatic carbocycles. The molecule has 2 amide bonds. The first-order chi connectivity index (χ1) is 9.99. The highest BCUT2D eigenvalue weighted by atomic mass is 16.4. The normalized spacial score (nSPS) is 29.9. The summed E-state index contributed by atoms with van der Waals surface area (Å²) >= 11 is 0. The maximum Gasteiger partial charge on any atom is 0.315 e. The summed E-state index contributed by atoms with van der Waals surface area (Å²) in [7, 11) is 0. The molecule has 2 aliphatic rings. The van der Waals surface area contributed by atoms with Gasteiger partial charge < -0.3 is 15.7 Å². The highest BCUT2D eigenvalue weighted by Gasteiger charge is 2.42. The fourth-order valence-electron chi connectivity index (χ4n) is 4.12. The number of nitrogens with one attached hydrogen (secondary N) is 2. The third kappa shape index (κ3) is 4.35. The molecule has 0 saturated heterocycles. The lowest BCUT2D eigenvalue weighted by molar-refractivity contribution is -0.138. The predicted octanol–water partition coefficient (Wildman–Crippen LogP) is 2.61. The monoisotopic (exact) mass is 296 g/mol. The molecule has 5 heteroatoms. The number of urea groups is 1. The van der Waals surface area contributed by atoms with E-state index < -0.39 is 5.97 Å². The molecule has 2 bridgehead atoms. The molecule has 5 nitrogen and oxygen atoms in total. The van der Waals surface area contributed by atoms with E-state index in [1.54, 1.807) is 0 Å². The zero-order valence-electron chi connectivity index (χ0n) is 13.1. The van der Waals surface area contributed by atoms with Crippen molar-refractivity contribution in [2.45, 2.75) is 58.4 Å². The minimum absolute atomic E-state index is 0.00560. The van der Waals surface area contributed by atoms with E-state index in [-0.39, 0.29) is 24.4 Å². The Kier molecular flexibility index (Phi) is 5.48. The quantitative estimate of drug-likeness (QED) is 0.675. The van der Waals surface area contributed by atoms with E-state index in [4.69, 9.17) is 5.11 Å². The number of carbonyl (C=O) groups excluding carboxylic acids is 1. The van der Waals surface area contributed by atoms with Crippen LogP contribution in [0, 0.1) is 23.7 Å². The van der Waals surface area contributed by atoms with E-state index in [0.717, 1.165) is 18.3 Å². The van der Waals surface area contributed by atoms with Crippen LogP contribution in [0.1, 0.15) is 52.4 Å². The van der Waals surface area contributed by atoms with E-state index in [0.29, 0.717) is 12.5 Å². The molecule has 2 aliphatic carbocycles. The largest absolute Gasteiger partial charge is 0.481 e. The van der Waals surface area contributed by atoms with Gasteiger partial charge in [-0.05, 0) is 49.9 Å². The minimum atomic E-state index is -0.806. The smallest absolute Gasteiger partial charge is 0.315 e. The molecule has 2 rings (SSSR count). The Labute approximate surface area is 126 Å². The van der Waals surface area contributed by atoms with Crippen molar-refractivity contribution in [3.8, 4) is 0 Å². The Morgan fingerprint density at radius 2 is 2.05 bits per heavy atom. The molecule has 5 unspecified atom stereocenters. The Hall–Kier alpha value is -1.26. The first-order valence-electron chi connectivity index (χ1n) is 8.25. The zero-order chi connectivity index (χ0) is 15.4. The van der Waals surface area contributed by atoms with Gasteiger partial charge >= 0.3 is 12.0 Å². The lowest BCUT2D eigenvalue weighted by Gasteiger charge is -2.28. The topological polar surface area (TPSA) is 78.4 Å². The minimum Gasteiger partial charge on any atom is -0.481 e. The van der Waals surface area contributed by atoms with E-state index in [9.17, 15) is 9.59 Å². The summed E-state index contributed by atoms with van der Waals surface area (Å²) in [5, 5.41) is 14.7. The highest BCUT2D eigenvalue weighted by molar-refractivity contribution is 5.74. The molecule has 21 heavy (non-hydrogen) atoms. The Morgan fingerprint density at radius 1 is 1.29 bits per heavy atom. The third-order valence-corrected chi connectivity index (χ3v) is 5.39. The Morgan fingerprint density at radius 3 is 2.57 bits per heavy atom. The molecule has 2 saturated carbocycles. The van der Waals surface area contributed by atoms with Crippen LogP contribution in [-0.2, 0) is 4.79 Å². The summed E-state index contributed by atoms with van der Waals surface area (Å²) < 4.78 is 0. The van der Waals surface area contributed by atoms with Crippen molar-refractivity contribution in [1.82, 2.24) is 10.6 Å². The SMILES string of the molecule is CCC(CNC(=O)NC(C)C1CC2CCC1C2)CC(=O)O. The summed E-state index contributed by atoms with van der Waals surface area (Å²) in [4.78, 5) is 22.7. The Balaban J connectivity index is 1.70. The van der Waals surface area contributed by atoms with Crippen LogP contribution in [0.3, 0.4) is 0 Å². The first-order valence-corrected chi connectivity index (χ1v) is 8.25. The first kappa shape index (κ1) is 16.1. The van der Waals surface area contributed by atoms with Crippen molar-refractivity contribution in [3.05, 3.63) is 0 Å². The molecular formula is C16H28N2O3. The molecule has 3 N–H and O–H groups in total. The van der Waals surface area contributed by atoms with Gasteiger partial charge in [0.25, 0.3) is 0 Å². The molecule has 0 spiro atoms. The van der Waals surface area contributed by atoms with Gasteiger partial charge in [0.1, 0.15) is 0 Å². The van der Waals surface area contributed by atoms with E-state index in [1.807, 2.05) is 6.92 Å². The average Bonchev–Trinajstić information content (AvgIpc) is 3.05. The van der Waals surface area contributed by atoms with Crippen LogP contribution >= 0.6 is 0 Å². The summed E-state index contributed by atoms with van der Waals surface area (Å²) in [6, 6.07) is 0.0500. The Bertz CT molecular complexity index is 386. The van der Waals surface area contributed by atoms with E-state index in [2.05, 4.69) is 17.6 Å². The van der Waals surface area contributed by atoms with Gasteiger partial charge in [-0.2, -0.15) is 0 Å². The maximum atomic E-state index is 12.0. The van der Waals surface area contributed by atoms with Gasteiger partial charge in [-0.15, -0.1) is 0 Å². The van der Waals surface area contributed by atoms with Gasteiger partial charge in [0, 0.05) is 19.0 Å². The third-order valence-electron chi connectivity index (χ3n) is 5.39. The number of fused-ring (bicyclic) bond motifs is 2. The van der Waals surface area contributed by atoms with Gasteiger partial charge in [-0.25, -0.2) is 4.79 Å². The van der Waals surface area contributed by atoms with Crippen molar-refractivity contribution in [2.75, 3.05) is 6.54 Å². The lowest BCUT2D eigenvalue weighted by Crippen LogP contribution is -2.46. The summed E-state index contributed by atoms with van der Waals surface area (Å²) in [5.74, 6) is 1.49. The number of rotatable bonds is 7. The van der Waals surface area contributed by atoms with Gasteiger partial charge in [-0.3, -0.25) is 4.79 Å². The predicted molar refractivity (Wildman–Crippen MR) is 81.0 cm³/mol. The van der Waals surface area contributed by atoms with Crippen LogP contribution in [0.5, 0.6) is 0 Å². The number of hydrogen-bond donors (Lipinski definition) is 3. The lowest BCUT2D eigenvalue weighted by atomic mass is 9.84. The second kappa shape index (κ2) is 7.14. The molecule has 2 fully saturated rings. The van der Waals surface area contributed by atoms with E-state index in [1.165, 1.54) is 25.7 Å². The number of aliphatic carboxylic acids is 1. The maximum absolute atomic E-state index is 12.0. The van der Waals surface area contributed by atoms with Gasteiger partial charge in [0.2, 0.25) is 0 Å². The van der Waals surface area contributed by atoms with Crippen molar-refractivity contribution in [2.24, 2.45) is 23.7 Å². The standard InChI is InChI=1S/C16H28N2O3/c1-3-11(8-15(19)20)9-17-16(21)18-10(2)14-7-12-4-5-13(14)6-12/h10-14H,3-9H2,1-2H3,(H,19,20)(H2,17,18,21). The van der Waals surface area contributed by atoms with Crippen molar-refractivity contribution in [1.29, 1.82) is 0 Å². The molecular weight excluding hydrogens is 268 g/mol. The number of amides is 2. The van der Waals surface area contributed by atoms with Crippen LogP contribution < -0.4 is 10.6 Å². The van der Waals surface area contributed by atoms with Crippen molar-refractivity contribution < 1.29 is 14.7 Å². The van der Waals surface area contributed by atoms with E-state index >= 15 is 0 Å². The van der Waals surface area contributed by atoms with Gasteiger partial charge in [-0.1, -0.05) is 19.8 Å². The van der Waals surface area contributed by atoms with Crippen LogP contribution in [0.25, 0.3) is 0 Å². The van der Waals surface area contributed by atoms with Crippen molar-refractivity contribution in [3.63, 3.8) is 0 Å². The highest BCUT2D eigenvalue weighted by Crippen LogP contribution is 2.49. The molecule has 0 aliphatic heterocycles. The van der Waals surface area contributed by atoms with Crippen LogP contribution in [-0.4, -0.2) is 29.7 Å². The number of carboxylic acid groups (broad SMARTS) is 1. The van der Waals surface area contributed by atoms with Crippen LogP contribution in [0.4, 0.5) is 4.79 Å². The number of hydrogen-bond acceptors (Lipinski definition) is 2. The van der Waals surface area contributed by atoms with Gasteiger partial charge in [0.15, 0.2) is 0 Å². The molecule has 0 radical (unpaired) electrons. The molecule has 5 atom stereocenters. The second-order valence-corrected chi connectivity index (χ2v) is 6.85. The molecule has 120 valence electrons. The second-order valence-electron chi connectivity index (χ2n) is 6.85. The zero-order valence-corrected chi connectivity index (χ0v) is 13.1. The fraction of sp³-hybridized carbons (Fsp3) is 0.875. The van der Waals surface area contributed by atoms with Crippen LogP contribution in [0.15, 0.2) is 0 Å². The molecule has 0 aromatic heterocycles. The summed E-state index contributed by atoms with van der Waals surface area (Å²) in [6.45, 7) is 4.47. The number of carboxylic acids is 1. The summed E-state index contributed by atoms with van der Waals surface area (Å²) in [6.07, 6.45) is 6.15. The molecule has 0 heterocycles. The van der Waals surface area contributed by atoms with Gasteiger partial charge in [0.05, 0.1) is 0 Å². The van der Waals surface area contributed by atoms with Crippen molar-refractivity contribution >= 4 is 12.0 Å².